The maximum Gasteiger partial charge on any atom is 0.238 e. The molecule has 18 heavy (non-hydrogen) atoms. The molecule has 0 saturated heterocycles. The Morgan fingerprint density at radius 2 is 2.00 bits per heavy atom. The standard InChI is InChI=1S/C12H15BrClNO3/c1-4-7(13)12(16)15-9-5-8(14)10(17-2)6-11(9)18-3/h5-7H,4H2,1-3H3,(H,15,16)/t7-/m1/s1. The minimum Gasteiger partial charge on any atom is -0.495 e. The molecule has 1 atom stereocenters. The van der Waals surface area contributed by atoms with Crippen LogP contribution in [0.4, 0.5) is 5.69 Å². The zero-order valence-corrected chi connectivity index (χ0v) is 12.8. The van der Waals surface area contributed by atoms with Crippen LogP contribution in [-0.2, 0) is 4.79 Å². The van der Waals surface area contributed by atoms with Crippen LogP contribution in [0.2, 0.25) is 5.02 Å². The number of halogens is 2. The highest BCUT2D eigenvalue weighted by Gasteiger charge is 2.16. The number of carbonyl (C=O) groups is 1. The molecule has 0 aliphatic heterocycles. The van der Waals surface area contributed by atoms with Gasteiger partial charge in [0.1, 0.15) is 11.5 Å². The Morgan fingerprint density at radius 3 is 2.50 bits per heavy atom. The summed E-state index contributed by atoms with van der Waals surface area (Å²) in [7, 11) is 3.04. The third-order valence-electron chi connectivity index (χ3n) is 2.37. The molecular weight excluding hydrogens is 321 g/mol. The molecule has 0 fully saturated rings. The zero-order chi connectivity index (χ0) is 13.7. The summed E-state index contributed by atoms with van der Waals surface area (Å²) in [6.07, 6.45) is 0.692. The van der Waals surface area contributed by atoms with E-state index in [2.05, 4.69) is 21.2 Å². The Balaban J connectivity index is 3.01. The van der Waals surface area contributed by atoms with Gasteiger partial charge in [0.15, 0.2) is 0 Å². The lowest BCUT2D eigenvalue weighted by molar-refractivity contribution is -0.115. The van der Waals surface area contributed by atoms with E-state index in [1.165, 1.54) is 14.2 Å². The van der Waals surface area contributed by atoms with Crippen LogP contribution in [0.1, 0.15) is 13.3 Å². The predicted molar refractivity (Wildman–Crippen MR) is 76.2 cm³/mol. The Kier molecular flexibility index (Phi) is 5.75. The van der Waals surface area contributed by atoms with Gasteiger partial charge in [-0.1, -0.05) is 34.5 Å². The van der Waals surface area contributed by atoms with E-state index in [-0.39, 0.29) is 10.7 Å². The molecule has 0 aliphatic rings. The minimum absolute atomic E-state index is 0.142. The highest BCUT2D eigenvalue weighted by molar-refractivity contribution is 9.10. The van der Waals surface area contributed by atoms with Crippen molar-refractivity contribution in [1.29, 1.82) is 0 Å². The Bertz CT molecular complexity index is 440. The monoisotopic (exact) mass is 335 g/mol. The topological polar surface area (TPSA) is 47.6 Å². The van der Waals surface area contributed by atoms with Gasteiger partial charge in [-0.15, -0.1) is 0 Å². The molecule has 1 rings (SSSR count). The molecule has 1 N–H and O–H groups in total. The van der Waals surface area contributed by atoms with Crippen molar-refractivity contribution in [2.75, 3.05) is 19.5 Å². The molecule has 1 aromatic carbocycles. The number of alkyl halides is 1. The van der Waals surface area contributed by atoms with Crippen LogP contribution in [0.15, 0.2) is 12.1 Å². The van der Waals surface area contributed by atoms with Gasteiger partial charge in [-0.25, -0.2) is 0 Å². The normalized spacial score (nSPS) is 11.8. The van der Waals surface area contributed by atoms with Crippen LogP contribution >= 0.6 is 27.5 Å². The second-order valence-electron chi connectivity index (χ2n) is 3.55. The van der Waals surface area contributed by atoms with E-state index < -0.39 is 0 Å². The minimum atomic E-state index is -0.247. The summed E-state index contributed by atoms with van der Waals surface area (Å²) in [5, 5.41) is 3.17. The van der Waals surface area contributed by atoms with E-state index in [0.717, 1.165) is 0 Å². The Labute approximate surface area is 120 Å². The second-order valence-corrected chi connectivity index (χ2v) is 5.06. The molecule has 6 heteroatoms. The van der Waals surface area contributed by atoms with Crippen LogP contribution in [0.3, 0.4) is 0 Å². The van der Waals surface area contributed by atoms with E-state index in [0.29, 0.717) is 28.6 Å². The van der Waals surface area contributed by atoms with Gasteiger partial charge in [-0.3, -0.25) is 4.79 Å². The van der Waals surface area contributed by atoms with E-state index in [1.54, 1.807) is 12.1 Å². The van der Waals surface area contributed by atoms with Crippen molar-refractivity contribution in [1.82, 2.24) is 0 Å². The Morgan fingerprint density at radius 1 is 1.39 bits per heavy atom. The van der Waals surface area contributed by atoms with Crippen molar-refractivity contribution >= 4 is 39.1 Å². The molecule has 0 saturated carbocycles. The molecule has 4 nitrogen and oxygen atoms in total. The number of rotatable bonds is 5. The zero-order valence-electron chi connectivity index (χ0n) is 10.4. The van der Waals surface area contributed by atoms with Gasteiger partial charge in [0, 0.05) is 6.07 Å². The average molecular weight is 337 g/mol. The molecule has 1 amide bonds. The lowest BCUT2D eigenvalue weighted by Crippen LogP contribution is -2.22. The number of carbonyl (C=O) groups excluding carboxylic acids is 1. The van der Waals surface area contributed by atoms with Crippen molar-refractivity contribution in [3.8, 4) is 11.5 Å². The highest BCUT2D eigenvalue weighted by Crippen LogP contribution is 2.36. The first-order chi connectivity index (χ1) is 8.53. The smallest absolute Gasteiger partial charge is 0.238 e. The summed E-state index contributed by atoms with van der Waals surface area (Å²) in [6, 6.07) is 3.24. The number of ether oxygens (including phenoxy) is 2. The van der Waals surface area contributed by atoms with Crippen molar-refractivity contribution in [2.45, 2.75) is 18.2 Å². The van der Waals surface area contributed by atoms with Crippen molar-refractivity contribution < 1.29 is 14.3 Å². The first-order valence-corrected chi connectivity index (χ1v) is 6.69. The van der Waals surface area contributed by atoms with Gasteiger partial charge in [0.25, 0.3) is 0 Å². The maximum atomic E-state index is 11.8. The third kappa shape index (κ3) is 3.53. The van der Waals surface area contributed by atoms with Crippen LogP contribution < -0.4 is 14.8 Å². The summed E-state index contributed by atoms with van der Waals surface area (Å²) in [4.78, 5) is 11.5. The largest absolute Gasteiger partial charge is 0.495 e. The number of benzene rings is 1. The fourth-order valence-corrected chi connectivity index (χ4v) is 1.71. The van der Waals surface area contributed by atoms with Crippen molar-refractivity contribution in [3.05, 3.63) is 17.2 Å². The van der Waals surface area contributed by atoms with Gasteiger partial charge in [-0.05, 0) is 12.5 Å². The van der Waals surface area contributed by atoms with Crippen LogP contribution in [-0.4, -0.2) is 25.0 Å². The first-order valence-electron chi connectivity index (χ1n) is 5.39. The molecule has 0 spiro atoms. The van der Waals surface area contributed by atoms with Gasteiger partial charge in [-0.2, -0.15) is 0 Å². The molecule has 0 aliphatic carbocycles. The summed E-state index contributed by atoms with van der Waals surface area (Å²) >= 11 is 9.29. The fourth-order valence-electron chi connectivity index (χ4n) is 1.35. The third-order valence-corrected chi connectivity index (χ3v) is 3.73. The molecule has 0 aromatic heterocycles. The number of anilines is 1. The Hall–Kier alpha value is -0.940. The van der Waals surface area contributed by atoms with Gasteiger partial charge in [0.05, 0.1) is 29.8 Å². The lowest BCUT2D eigenvalue weighted by atomic mass is 10.2. The molecule has 0 heterocycles. The van der Waals surface area contributed by atoms with Crippen LogP contribution in [0, 0.1) is 0 Å². The molecule has 0 unspecified atom stereocenters. The SMILES string of the molecule is CC[C@@H](Br)C(=O)Nc1cc(Cl)c(OC)cc1OC. The van der Waals surface area contributed by atoms with Crippen LogP contribution in [0.5, 0.6) is 11.5 Å². The molecule has 1 aromatic rings. The first kappa shape index (κ1) is 15.1. The molecule has 0 radical (unpaired) electrons. The molecular formula is C12H15BrClNO3. The number of hydrogen-bond donors (Lipinski definition) is 1. The van der Waals surface area contributed by atoms with Gasteiger partial charge in [0.2, 0.25) is 5.91 Å². The van der Waals surface area contributed by atoms with E-state index >= 15 is 0 Å². The second kappa shape index (κ2) is 6.85. The summed E-state index contributed by atoms with van der Waals surface area (Å²) in [6.45, 7) is 1.91. The average Bonchev–Trinajstić information content (AvgIpc) is 2.38. The molecule has 0 bridgehead atoms. The van der Waals surface area contributed by atoms with Gasteiger partial charge >= 0.3 is 0 Å². The maximum absolute atomic E-state index is 11.8. The number of hydrogen-bond acceptors (Lipinski definition) is 3. The van der Waals surface area contributed by atoms with E-state index in [9.17, 15) is 4.79 Å². The predicted octanol–water partition coefficient (Wildman–Crippen LogP) is 3.47. The van der Waals surface area contributed by atoms with Crippen molar-refractivity contribution in [2.24, 2.45) is 0 Å². The van der Waals surface area contributed by atoms with E-state index in [4.69, 9.17) is 21.1 Å². The fraction of sp³-hybridized carbons (Fsp3) is 0.417. The summed E-state index contributed by atoms with van der Waals surface area (Å²) < 4.78 is 10.3. The highest BCUT2D eigenvalue weighted by atomic mass is 79.9. The quantitative estimate of drug-likeness (QED) is 0.838. The summed E-state index contributed by atoms with van der Waals surface area (Å²) in [5.74, 6) is 0.856. The lowest BCUT2D eigenvalue weighted by Gasteiger charge is -2.14. The van der Waals surface area contributed by atoms with Crippen LogP contribution in [0.25, 0.3) is 0 Å². The number of nitrogens with one attached hydrogen (secondary N) is 1. The van der Waals surface area contributed by atoms with Crippen molar-refractivity contribution in [3.63, 3.8) is 0 Å². The molecule has 100 valence electrons. The van der Waals surface area contributed by atoms with E-state index in [1.807, 2.05) is 6.92 Å². The number of amides is 1. The summed E-state index contributed by atoms with van der Waals surface area (Å²) in [5.41, 5.74) is 0.520. The number of methoxy groups -OCH3 is 2. The van der Waals surface area contributed by atoms with Gasteiger partial charge < -0.3 is 14.8 Å².